The number of nitrogen functional groups attached to an aromatic ring is 1. The van der Waals surface area contributed by atoms with Gasteiger partial charge in [0, 0.05) is 23.9 Å². The fourth-order valence-corrected chi connectivity index (χ4v) is 2.19. The molecule has 0 aliphatic rings. The standard InChI is InChI=1S/C15H13N5O2/c1-10-8-11(18-15(16)17-10)6-7-12-9-19(21)13-4-2-3-5-14(13)20(12)22/h2-9H,1H3,(H2,16,17,18). The van der Waals surface area contributed by atoms with Crippen molar-refractivity contribution in [2.45, 2.75) is 6.92 Å². The Balaban J connectivity index is 2.07. The van der Waals surface area contributed by atoms with Crippen molar-refractivity contribution in [1.82, 2.24) is 9.97 Å². The number of benzene rings is 1. The summed E-state index contributed by atoms with van der Waals surface area (Å²) in [5.74, 6) is 0.159. The predicted molar refractivity (Wildman–Crippen MR) is 82.0 cm³/mol. The fourth-order valence-electron chi connectivity index (χ4n) is 2.19. The smallest absolute Gasteiger partial charge is 0.290 e. The summed E-state index contributed by atoms with van der Waals surface area (Å²) in [5, 5.41) is 24.2. The lowest BCUT2D eigenvalue weighted by Gasteiger charge is -2.05. The van der Waals surface area contributed by atoms with E-state index in [1.165, 1.54) is 12.3 Å². The highest BCUT2D eigenvalue weighted by Crippen LogP contribution is 2.09. The Labute approximate surface area is 126 Å². The molecule has 0 radical (unpaired) electrons. The minimum absolute atomic E-state index is 0.159. The first-order valence-electron chi connectivity index (χ1n) is 6.58. The van der Waals surface area contributed by atoms with Gasteiger partial charge in [-0.05, 0) is 19.1 Å². The number of fused-ring (bicyclic) bond motifs is 1. The summed E-state index contributed by atoms with van der Waals surface area (Å²) in [6, 6.07) is 8.34. The molecular formula is C15H13N5O2. The first kappa shape index (κ1) is 13.7. The number of nitrogens with two attached hydrogens (primary N) is 1. The zero-order valence-electron chi connectivity index (χ0n) is 11.8. The molecule has 0 spiro atoms. The minimum atomic E-state index is 0.159. The molecule has 110 valence electrons. The van der Waals surface area contributed by atoms with Crippen LogP contribution < -0.4 is 15.2 Å². The molecule has 2 aromatic heterocycles. The van der Waals surface area contributed by atoms with Crippen LogP contribution in [0.2, 0.25) is 0 Å². The highest BCUT2D eigenvalue weighted by molar-refractivity contribution is 5.70. The van der Waals surface area contributed by atoms with Crippen LogP contribution in [0.5, 0.6) is 0 Å². The maximum Gasteiger partial charge on any atom is 0.290 e. The van der Waals surface area contributed by atoms with Crippen LogP contribution in [0.1, 0.15) is 17.1 Å². The number of anilines is 1. The van der Waals surface area contributed by atoms with Crippen molar-refractivity contribution < 1.29 is 9.46 Å². The highest BCUT2D eigenvalue weighted by atomic mass is 16.5. The molecule has 7 heteroatoms. The van der Waals surface area contributed by atoms with Gasteiger partial charge in [0.2, 0.25) is 5.95 Å². The van der Waals surface area contributed by atoms with Crippen LogP contribution in [0, 0.1) is 17.3 Å². The second-order valence-corrected chi connectivity index (χ2v) is 4.79. The number of aryl methyl sites for hydroxylation is 1. The van der Waals surface area contributed by atoms with Crippen molar-refractivity contribution in [3.05, 3.63) is 64.0 Å². The van der Waals surface area contributed by atoms with Gasteiger partial charge in [-0.25, -0.2) is 9.97 Å². The Bertz CT molecular complexity index is 872. The van der Waals surface area contributed by atoms with E-state index in [1.54, 1.807) is 43.3 Å². The highest BCUT2D eigenvalue weighted by Gasteiger charge is 2.16. The van der Waals surface area contributed by atoms with Gasteiger partial charge < -0.3 is 16.1 Å². The zero-order chi connectivity index (χ0) is 15.7. The third kappa shape index (κ3) is 2.51. The van der Waals surface area contributed by atoms with E-state index in [-0.39, 0.29) is 11.6 Å². The van der Waals surface area contributed by atoms with E-state index < -0.39 is 0 Å². The monoisotopic (exact) mass is 295 g/mol. The van der Waals surface area contributed by atoms with Crippen molar-refractivity contribution in [1.29, 1.82) is 0 Å². The summed E-state index contributed by atoms with van der Waals surface area (Å²) >= 11 is 0. The van der Waals surface area contributed by atoms with Gasteiger partial charge >= 0.3 is 0 Å². The SMILES string of the molecule is Cc1cc(C=Cc2c[n+]([O-])c3ccccc3[n+]2[O-])nc(N)n1. The lowest BCUT2D eigenvalue weighted by Crippen LogP contribution is -2.40. The molecule has 0 saturated heterocycles. The van der Waals surface area contributed by atoms with Gasteiger partial charge in [0.15, 0.2) is 0 Å². The topological polar surface area (TPSA) is 106 Å². The Kier molecular flexibility index (Phi) is 3.30. The van der Waals surface area contributed by atoms with E-state index in [1.807, 2.05) is 0 Å². The Morgan fingerprint density at radius 3 is 2.55 bits per heavy atom. The number of rotatable bonds is 2. The number of aromatic nitrogens is 4. The van der Waals surface area contributed by atoms with E-state index in [9.17, 15) is 10.4 Å². The Hall–Kier alpha value is -3.22. The van der Waals surface area contributed by atoms with Crippen molar-refractivity contribution >= 4 is 29.1 Å². The zero-order valence-corrected chi connectivity index (χ0v) is 11.8. The molecule has 0 saturated carbocycles. The third-order valence-corrected chi connectivity index (χ3v) is 3.14. The molecule has 0 fully saturated rings. The molecule has 0 bridgehead atoms. The Morgan fingerprint density at radius 1 is 1.09 bits per heavy atom. The molecule has 0 aliphatic heterocycles. The van der Waals surface area contributed by atoms with E-state index >= 15 is 0 Å². The van der Waals surface area contributed by atoms with E-state index in [4.69, 9.17) is 5.73 Å². The molecule has 1 aromatic carbocycles. The third-order valence-electron chi connectivity index (χ3n) is 3.14. The number of hydrogen-bond donors (Lipinski definition) is 1. The molecule has 22 heavy (non-hydrogen) atoms. The number of nitrogens with zero attached hydrogens (tertiary/aromatic N) is 4. The van der Waals surface area contributed by atoms with E-state index in [0.717, 1.165) is 5.69 Å². The average molecular weight is 295 g/mol. The quantitative estimate of drug-likeness (QED) is 0.560. The molecule has 0 atom stereocenters. The van der Waals surface area contributed by atoms with Crippen LogP contribution in [-0.2, 0) is 0 Å². The molecule has 0 amide bonds. The summed E-state index contributed by atoms with van der Waals surface area (Å²) in [7, 11) is 0. The van der Waals surface area contributed by atoms with E-state index in [2.05, 4.69) is 9.97 Å². The van der Waals surface area contributed by atoms with E-state index in [0.29, 0.717) is 26.2 Å². The van der Waals surface area contributed by atoms with Gasteiger partial charge in [-0.1, -0.05) is 12.1 Å². The van der Waals surface area contributed by atoms with Crippen molar-refractivity contribution in [3.8, 4) is 0 Å². The molecule has 2 N–H and O–H groups in total. The van der Waals surface area contributed by atoms with Crippen LogP contribution in [0.15, 0.2) is 36.5 Å². The molecule has 3 rings (SSSR count). The first-order valence-corrected chi connectivity index (χ1v) is 6.58. The molecule has 7 nitrogen and oxygen atoms in total. The number of para-hydroxylation sites is 2. The normalized spacial score (nSPS) is 11.3. The van der Waals surface area contributed by atoms with Gasteiger partial charge in [0.05, 0.1) is 5.69 Å². The van der Waals surface area contributed by atoms with Gasteiger partial charge in [-0.15, -0.1) is 0 Å². The number of hydrogen-bond acceptors (Lipinski definition) is 5. The van der Waals surface area contributed by atoms with Crippen molar-refractivity contribution in [2.24, 2.45) is 0 Å². The van der Waals surface area contributed by atoms with Crippen LogP contribution in [-0.4, -0.2) is 9.97 Å². The second kappa shape index (κ2) is 5.28. The van der Waals surface area contributed by atoms with Gasteiger partial charge in [-0.2, -0.15) is 9.46 Å². The molecule has 0 unspecified atom stereocenters. The van der Waals surface area contributed by atoms with Crippen molar-refractivity contribution in [3.63, 3.8) is 0 Å². The van der Waals surface area contributed by atoms with Gasteiger partial charge in [0.1, 0.15) is 0 Å². The van der Waals surface area contributed by atoms with Crippen LogP contribution >= 0.6 is 0 Å². The summed E-state index contributed by atoms with van der Waals surface area (Å²) in [6.07, 6.45) is 4.36. The van der Waals surface area contributed by atoms with Gasteiger partial charge in [-0.3, -0.25) is 0 Å². The summed E-state index contributed by atoms with van der Waals surface area (Å²) < 4.78 is 1.38. The average Bonchev–Trinajstić information content (AvgIpc) is 2.49. The summed E-state index contributed by atoms with van der Waals surface area (Å²) in [6.45, 7) is 1.80. The van der Waals surface area contributed by atoms with Crippen LogP contribution in [0.4, 0.5) is 5.95 Å². The maximum absolute atomic E-state index is 12.3. The largest absolute Gasteiger partial charge is 0.618 e. The lowest BCUT2D eigenvalue weighted by molar-refractivity contribution is -0.630. The molecule has 3 aromatic rings. The maximum atomic E-state index is 12.3. The fraction of sp³-hybridized carbons (Fsp3) is 0.0667. The summed E-state index contributed by atoms with van der Waals surface area (Å²) in [5.41, 5.74) is 7.70. The van der Waals surface area contributed by atoms with Gasteiger partial charge in [0.25, 0.3) is 22.9 Å². The summed E-state index contributed by atoms with van der Waals surface area (Å²) in [4.78, 5) is 8.02. The molecular weight excluding hydrogens is 282 g/mol. The van der Waals surface area contributed by atoms with Crippen LogP contribution in [0.3, 0.4) is 0 Å². The molecule has 2 heterocycles. The minimum Gasteiger partial charge on any atom is -0.618 e. The lowest BCUT2D eigenvalue weighted by atomic mass is 10.2. The second-order valence-electron chi connectivity index (χ2n) is 4.79. The first-order chi connectivity index (χ1) is 10.5. The van der Waals surface area contributed by atoms with Crippen molar-refractivity contribution in [2.75, 3.05) is 5.73 Å². The Morgan fingerprint density at radius 2 is 1.82 bits per heavy atom. The predicted octanol–water partition coefficient (Wildman–Crippen LogP) is 0.958. The van der Waals surface area contributed by atoms with Crippen LogP contribution in [0.25, 0.3) is 23.2 Å². The molecule has 0 aliphatic carbocycles.